The predicted octanol–water partition coefficient (Wildman–Crippen LogP) is 14.0. The summed E-state index contributed by atoms with van der Waals surface area (Å²) in [6.07, 6.45) is 0. The second-order valence-corrected chi connectivity index (χ2v) is 16.3. The number of nitrogens with zero attached hydrogens (tertiary/aromatic N) is 3. The Labute approximate surface area is 309 Å². The Balaban J connectivity index is 1.16. The lowest BCUT2D eigenvalue weighted by Gasteiger charge is -2.14. The van der Waals surface area contributed by atoms with Crippen LogP contribution in [-0.2, 0) is 0 Å². The second kappa shape index (κ2) is 10.1. The van der Waals surface area contributed by atoms with E-state index >= 15 is 0 Å². The monoisotopic (exact) mass is 707 g/mol. The first-order chi connectivity index (χ1) is 26.2. The average molecular weight is 708 g/mol. The van der Waals surface area contributed by atoms with Crippen LogP contribution in [0, 0.1) is 0 Å². The average Bonchev–Trinajstić information content (AvgIpc) is 3.88. The first-order valence-electron chi connectivity index (χ1n) is 17.9. The molecule has 0 aliphatic heterocycles. The molecule has 5 heteroatoms. The Morgan fingerprint density at radius 3 is 1.87 bits per heavy atom. The van der Waals surface area contributed by atoms with Crippen LogP contribution in [0.15, 0.2) is 152 Å². The third-order valence-electron chi connectivity index (χ3n) is 11.3. The molecule has 9 aromatic carbocycles. The van der Waals surface area contributed by atoms with E-state index in [-0.39, 0.29) is 0 Å². The van der Waals surface area contributed by atoms with Crippen molar-refractivity contribution in [3.05, 3.63) is 152 Å². The van der Waals surface area contributed by atoms with Crippen LogP contribution in [-0.4, -0.2) is 14.5 Å². The second-order valence-electron chi connectivity index (χ2n) is 14.1. The number of aromatic nitrogens is 3. The summed E-state index contributed by atoms with van der Waals surface area (Å²) in [6.45, 7) is 0. The third kappa shape index (κ3) is 3.77. The summed E-state index contributed by atoms with van der Waals surface area (Å²) in [7, 11) is 0. The molecule has 13 rings (SSSR count). The van der Waals surface area contributed by atoms with Gasteiger partial charge in [0, 0.05) is 46.6 Å². The molecule has 13 aromatic rings. The molecule has 53 heavy (non-hydrogen) atoms. The van der Waals surface area contributed by atoms with Crippen LogP contribution < -0.4 is 0 Å². The fourth-order valence-corrected chi connectivity index (χ4v) is 11.3. The molecule has 4 aromatic heterocycles. The van der Waals surface area contributed by atoms with Crippen molar-refractivity contribution in [1.29, 1.82) is 0 Å². The van der Waals surface area contributed by atoms with Gasteiger partial charge in [-0.3, -0.25) is 4.57 Å². The number of hydrogen-bond donors (Lipinski definition) is 0. The summed E-state index contributed by atoms with van der Waals surface area (Å²) in [5.74, 6) is 0.689. The van der Waals surface area contributed by atoms with Crippen molar-refractivity contribution >= 4 is 128 Å². The number of para-hydroxylation sites is 1. The topological polar surface area (TPSA) is 30.7 Å². The molecular formula is C48H25N3S2. The Bertz CT molecular complexity index is 3630. The molecule has 0 amide bonds. The molecule has 0 aliphatic carbocycles. The van der Waals surface area contributed by atoms with E-state index in [1.165, 1.54) is 78.7 Å². The van der Waals surface area contributed by atoms with Gasteiger partial charge in [0.1, 0.15) is 0 Å². The summed E-state index contributed by atoms with van der Waals surface area (Å²) >= 11 is 3.65. The van der Waals surface area contributed by atoms with E-state index in [1.807, 2.05) is 11.3 Å². The van der Waals surface area contributed by atoms with Gasteiger partial charge < -0.3 is 0 Å². The largest absolute Gasteiger partial charge is 0.278 e. The van der Waals surface area contributed by atoms with Crippen molar-refractivity contribution in [3.8, 4) is 17.2 Å². The normalized spacial score (nSPS) is 12.5. The van der Waals surface area contributed by atoms with Crippen molar-refractivity contribution in [2.75, 3.05) is 0 Å². The molecule has 0 spiro atoms. The minimum atomic E-state index is 0.689. The lowest BCUT2D eigenvalue weighted by molar-refractivity contribution is 1.02. The van der Waals surface area contributed by atoms with E-state index in [0.717, 1.165) is 37.9 Å². The van der Waals surface area contributed by atoms with Gasteiger partial charge in [0.05, 0.1) is 26.9 Å². The molecule has 4 heterocycles. The summed E-state index contributed by atoms with van der Waals surface area (Å²) in [5, 5.41) is 16.3. The Morgan fingerprint density at radius 2 is 1.06 bits per heavy atom. The van der Waals surface area contributed by atoms with Crippen LogP contribution >= 0.6 is 22.7 Å². The highest BCUT2D eigenvalue weighted by atomic mass is 32.1. The van der Waals surface area contributed by atoms with Gasteiger partial charge in [-0.1, -0.05) is 103 Å². The number of fused-ring (bicyclic) bond motifs is 11. The maximum atomic E-state index is 5.59. The zero-order valence-corrected chi connectivity index (χ0v) is 29.7. The standard InChI is InChI=1S/C48H25N3S2/c1-4-13-37-32(10-1)36-24-28-20-21-41-44(33-11-2-5-14-39(33)52-41)35(28)25-38(36)51(37)48-49-45(47-46(50-48)34-12-3-6-15-40(34)53-47)31-22-29-18-16-26-8-7-9-27-17-19-30(23-31)43(29)42(26)27/h1-25H. The maximum absolute atomic E-state index is 5.59. The Kier molecular flexibility index (Phi) is 5.40. The van der Waals surface area contributed by atoms with Crippen molar-refractivity contribution in [1.82, 2.24) is 14.5 Å². The molecule has 0 saturated heterocycles. The van der Waals surface area contributed by atoms with Crippen molar-refractivity contribution in [3.63, 3.8) is 0 Å². The lowest BCUT2D eigenvalue weighted by atomic mass is 9.92. The molecule has 0 aliphatic rings. The van der Waals surface area contributed by atoms with Crippen LogP contribution in [0.3, 0.4) is 0 Å². The molecular weight excluding hydrogens is 683 g/mol. The smallest absolute Gasteiger partial charge is 0.235 e. The molecule has 0 unspecified atom stereocenters. The van der Waals surface area contributed by atoms with Gasteiger partial charge in [0.15, 0.2) is 0 Å². The van der Waals surface area contributed by atoms with Crippen molar-refractivity contribution in [2.24, 2.45) is 0 Å². The summed E-state index contributed by atoms with van der Waals surface area (Å²) < 4.78 is 7.25. The first kappa shape index (κ1) is 28.2. The fraction of sp³-hybridized carbons (Fsp3) is 0. The third-order valence-corrected chi connectivity index (χ3v) is 13.6. The predicted molar refractivity (Wildman–Crippen MR) is 229 cm³/mol. The van der Waals surface area contributed by atoms with E-state index in [0.29, 0.717) is 5.95 Å². The van der Waals surface area contributed by atoms with Gasteiger partial charge in [0.25, 0.3) is 0 Å². The number of benzene rings is 9. The Hall–Kier alpha value is -6.40. The highest BCUT2D eigenvalue weighted by Gasteiger charge is 2.22. The molecule has 0 radical (unpaired) electrons. The Morgan fingerprint density at radius 1 is 0.396 bits per heavy atom. The van der Waals surface area contributed by atoms with Crippen LogP contribution in [0.4, 0.5) is 0 Å². The van der Waals surface area contributed by atoms with Gasteiger partial charge in [0.2, 0.25) is 5.95 Å². The quantitative estimate of drug-likeness (QED) is 0.168. The van der Waals surface area contributed by atoms with Crippen molar-refractivity contribution < 1.29 is 0 Å². The molecule has 0 fully saturated rings. The molecule has 0 atom stereocenters. The van der Waals surface area contributed by atoms with Gasteiger partial charge >= 0.3 is 0 Å². The van der Waals surface area contributed by atoms with Crippen LogP contribution in [0.1, 0.15) is 0 Å². The minimum Gasteiger partial charge on any atom is -0.278 e. The zero-order chi connectivity index (χ0) is 34.4. The van der Waals surface area contributed by atoms with Crippen molar-refractivity contribution in [2.45, 2.75) is 0 Å². The van der Waals surface area contributed by atoms with Crippen LogP contribution in [0.25, 0.3) is 123 Å². The first-order valence-corrected chi connectivity index (χ1v) is 19.5. The van der Waals surface area contributed by atoms with E-state index in [2.05, 4.69) is 156 Å². The molecule has 0 saturated carbocycles. The number of hydrogen-bond acceptors (Lipinski definition) is 4. The highest BCUT2D eigenvalue weighted by molar-refractivity contribution is 7.26. The van der Waals surface area contributed by atoms with E-state index in [9.17, 15) is 0 Å². The SMILES string of the molecule is c1cc2ccc3cc(-c4nc(-n5c6ccccc6c6cc7ccc8sc9ccccc9c8c7cc65)nc5c4sc4ccccc45)cc4ccc(c1)c2c34. The minimum absolute atomic E-state index is 0.689. The molecule has 3 nitrogen and oxygen atoms in total. The molecule has 0 bridgehead atoms. The summed E-state index contributed by atoms with van der Waals surface area (Å²) in [6, 6.07) is 55.7. The lowest BCUT2D eigenvalue weighted by Crippen LogP contribution is -2.03. The van der Waals surface area contributed by atoms with Gasteiger partial charge in [-0.2, -0.15) is 0 Å². The summed E-state index contributed by atoms with van der Waals surface area (Å²) in [4.78, 5) is 11.1. The van der Waals surface area contributed by atoms with E-state index in [4.69, 9.17) is 9.97 Å². The van der Waals surface area contributed by atoms with Gasteiger partial charge in [-0.15, -0.1) is 22.7 Å². The number of thiophene rings is 2. The van der Waals surface area contributed by atoms with Gasteiger partial charge in [-0.25, -0.2) is 9.97 Å². The fourth-order valence-electron chi connectivity index (χ4n) is 8.99. The molecule has 0 N–H and O–H groups in total. The maximum Gasteiger partial charge on any atom is 0.235 e. The molecule has 244 valence electrons. The van der Waals surface area contributed by atoms with E-state index < -0.39 is 0 Å². The highest BCUT2D eigenvalue weighted by Crippen LogP contribution is 2.45. The summed E-state index contributed by atoms with van der Waals surface area (Å²) in [5.41, 5.74) is 5.28. The zero-order valence-electron chi connectivity index (χ0n) is 28.1. The van der Waals surface area contributed by atoms with E-state index in [1.54, 1.807) is 11.3 Å². The number of rotatable bonds is 2. The van der Waals surface area contributed by atoms with Gasteiger partial charge in [-0.05, 0) is 91.6 Å². The van der Waals surface area contributed by atoms with Crippen LogP contribution in [0.5, 0.6) is 0 Å². The van der Waals surface area contributed by atoms with Crippen LogP contribution in [0.2, 0.25) is 0 Å².